The molecule has 17 heavy (non-hydrogen) atoms. The number of carbonyl (C=O) groups is 1. The number of hydrogen-bond donors (Lipinski definition) is 0. The fourth-order valence-electron chi connectivity index (χ4n) is 1.02. The van der Waals surface area contributed by atoms with Crippen LogP contribution in [0.5, 0.6) is 0 Å². The highest BCUT2D eigenvalue weighted by molar-refractivity contribution is 5.87. The maximum Gasteiger partial charge on any atom is 0.457 e. The number of aldehydes is 1. The molecule has 0 unspecified atom stereocenters. The van der Waals surface area contributed by atoms with Crippen molar-refractivity contribution in [1.82, 2.24) is 0 Å². The molecular weight excluding hydrogens is 224 g/mol. The maximum atomic E-state index is 11.2. The molecule has 0 aliphatic heterocycles. The standard InChI is InChI=1S/C12H12O5/c1-15-11(13)10(12(14)16-2)17-8-9-6-4-3-5-7-9/h3-8H,1-2H3. The smallest absolute Gasteiger partial charge is 0.457 e. The van der Waals surface area contributed by atoms with Gasteiger partial charge in [0.15, 0.2) is 5.95 Å². The third-order valence-corrected chi connectivity index (χ3v) is 1.85. The molecule has 0 aliphatic carbocycles. The van der Waals surface area contributed by atoms with Gasteiger partial charge in [0.1, 0.15) is 0 Å². The van der Waals surface area contributed by atoms with Crippen LogP contribution in [0.25, 0.3) is 0 Å². The van der Waals surface area contributed by atoms with E-state index >= 15 is 0 Å². The number of carbonyl (C=O) groups excluding carboxylic acids is 2. The summed E-state index contributed by atoms with van der Waals surface area (Å²) in [5.41, 5.74) is 0.706. The van der Waals surface area contributed by atoms with E-state index in [1.165, 1.54) is 6.29 Å². The first-order valence-electron chi connectivity index (χ1n) is 4.77. The maximum absolute atomic E-state index is 11.2. The van der Waals surface area contributed by atoms with Gasteiger partial charge < -0.3 is 14.6 Å². The lowest BCUT2D eigenvalue weighted by Crippen LogP contribution is -2.16. The van der Waals surface area contributed by atoms with Crippen molar-refractivity contribution in [3.63, 3.8) is 0 Å². The van der Waals surface area contributed by atoms with Gasteiger partial charge in [-0.3, -0.25) is 0 Å². The Balaban J connectivity index is 2.96. The molecule has 0 aromatic heterocycles. The largest absolute Gasteiger partial charge is 0.610 e. The van der Waals surface area contributed by atoms with E-state index in [9.17, 15) is 9.90 Å². The van der Waals surface area contributed by atoms with Crippen molar-refractivity contribution in [3.05, 3.63) is 47.6 Å². The minimum atomic E-state index is -0.885. The number of methoxy groups -OCH3 is 2. The Bertz CT molecular complexity index is 433. The summed E-state index contributed by atoms with van der Waals surface area (Å²) in [5, 5.41) is 11.2. The van der Waals surface area contributed by atoms with E-state index in [1.807, 2.05) is 6.07 Å². The van der Waals surface area contributed by atoms with Gasteiger partial charge in [-0.1, -0.05) is 18.2 Å². The third kappa shape index (κ3) is 3.64. The molecule has 0 radical (unpaired) electrons. The van der Waals surface area contributed by atoms with Gasteiger partial charge in [0.25, 0.3) is 0 Å². The second-order valence-corrected chi connectivity index (χ2v) is 2.96. The van der Waals surface area contributed by atoms with Crippen molar-refractivity contribution < 1.29 is 23.8 Å². The Kier molecular flexibility index (Phi) is 4.75. The fourth-order valence-corrected chi connectivity index (χ4v) is 1.02. The molecule has 1 rings (SSSR count). The molecule has 0 amide bonds. The Morgan fingerprint density at radius 2 is 1.88 bits per heavy atom. The van der Waals surface area contributed by atoms with Crippen LogP contribution in [0.15, 0.2) is 42.0 Å². The number of rotatable bonds is 4. The Labute approximate surface area is 98.6 Å². The fraction of sp³-hybridized carbons (Fsp3) is 0.167. The molecular formula is C12H12O5. The molecule has 0 heterocycles. The predicted octanol–water partition coefficient (Wildman–Crippen LogP) is 0.384. The minimum absolute atomic E-state index is 0.515. The lowest BCUT2D eigenvalue weighted by molar-refractivity contribution is -0.372. The molecule has 0 fully saturated rings. The van der Waals surface area contributed by atoms with Gasteiger partial charge >= 0.3 is 18.0 Å². The van der Waals surface area contributed by atoms with Gasteiger partial charge in [-0.2, -0.15) is 0 Å². The minimum Gasteiger partial charge on any atom is -0.610 e. The number of esters is 1. The quantitative estimate of drug-likeness (QED) is 0.249. The normalized spacial score (nSPS) is 12.1. The van der Waals surface area contributed by atoms with Crippen LogP contribution in [-0.4, -0.2) is 26.5 Å². The molecule has 5 heteroatoms. The Morgan fingerprint density at radius 1 is 1.24 bits per heavy atom. The van der Waals surface area contributed by atoms with E-state index in [1.54, 1.807) is 24.3 Å². The third-order valence-electron chi connectivity index (χ3n) is 1.85. The van der Waals surface area contributed by atoms with Gasteiger partial charge in [-0.25, -0.2) is 9.22 Å². The zero-order chi connectivity index (χ0) is 12.7. The average molecular weight is 236 g/mol. The molecule has 0 saturated carbocycles. The Morgan fingerprint density at radius 3 is 2.41 bits per heavy atom. The number of benzene rings is 1. The van der Waals surface area contributed by atoms with Gasteiger partial charge in [0.05, 0.1) is 12.7 Å². The van der Waals surface area contributed by atoms with E-state index in [0.717, 1.165) is 14.2 Å². The van der Waals surface area contributed by atoms with Crippen LogP contribution in [0, 0.1) is 0 Å². The van der Waals surface area contributed by atoms with Crippen LogP contribution >= 0.6 is 0 Å². The highest BCUT2D eigenvalue weighted by Crippen LogP contribution is 2.04. The predicted molar refractivity (Wildman–Crippen MR) is 57.9 cm³/mol. The Hall–Kier alpha value is -2.30. The van der Waals surface area contributed by atoms with Crippen LogP contribution in [0.1, 0.15) is 9.99 Å². The molecule has 0 saturated heterocycles. The van der Waals surface area contributed by atoms with Crippen molar-refractivity contribution in [2.24, 2.45) is 0 Å². The van der Waals surface area contributed by atoms with Crippen molar-refractivity contribution in [3.8, 4) is 0 Å². The molecule has 1 aromatic rings. The van der Waals surface area contributed by atoms with Crippen molar-refractivity contribution in [2.75, 3.05) is 14.2 Å². The highest BCUT2D eigenvalue weighted by atomic mass is 16.6. The van der Waals surface area contributed by atoms with Gasteiger partial charge in [-0.15, -0.1) is 0 Å². The van der Waals surface area contributed by atoms with E-state index in [-0.39, 0.29) is 0 Å². The first kappa shape index (κ1) is 12.8. The van der Waals surface area contributed by atoms with E-state index in [0.29, 0.717) is 5.56 Å². The molecule has 0 spiro atoms. The van der Waals surface area contributed by atoms with Gasteiger partial charge in [-0.05, 0) is 19.2 Å². The van der Waals surface area contributed by atoms with Crippen LogP contribution in [0.2, 0.25) is 0 Å². The zero-order valence-electron chi connectivity index (χ0n) is 9.51. The lowest BCUT2D eigenvalue weighted by Gasteiger charge is -2.04. The second-order valence-electron chi connectivity index (χ2n) is 2.96. The molecule has 0 bridgehead atoms. The zero-order valence-corrected chi connectivity index (χ0v) is 9.51. The highest BCUT2D eigenvalue weighted by Gasteiger charge is 2.23. The van der Waals surface area contributed by atoms with Crippen LogP contribution < -0.4 is 5.11 Å². The summed E-state index contributed by atoms with van der Waals surface area (Å²) in [7, 11) is 2.30. The molecule has 5 nitrogen and oxygen atoms in total. The molecule has 90 valence electrons. The van der Waals surface area contributed by atoms with Gasteiger partial charge in [0, 0.05) is 0 Å². The summed E-state index contributed by atoms with van der Waals surface area (Å²) in [6, 6.07) is 8.94. The summed E-state index contributed by atoms with van der Waals surface area (Å²) in [6.07, 6.45) is 1.27. The van der Waals surface area contributed by atoms with Crippen LogP contribution in [-0.2, 0) is 14.3 Å². The van der Waals surface area contributed by atoms with Crippen molar-refractivity contribution in [2.45, 2.75) is 0 Å². The number of ether oxygens (including phenoxy) is 2. The molecule has 1 aromatic carbocycles. The summed E-state index contributed by atoms with van der Waals surface area (Å²) >= 11 is 0. The monoisotopic (exact) mass is 236 g/mol. The summed E-state index contributed by atoms with van der Waals surface area (Å²) in [5.74, 6) is -2.29. The van der Waals surface area contributed by atoms with E-state index < -0.39 is 17.7 Å². The number of hydrogen-bond acceptors (Lipinski definition) is 4. The van der Waals surface area contributed by atoms with E-state index in [2.05, 4.69) is 9.47 Å². The van der Waals surface area contributed by atoms with Crippen molar-refractivity contribution >= 4 is 12.3 Å². The summed E-state index contributed by atoms with van der Waals surface area (Å²) < 4.78 is 13.8. The summed E-state index contributed by atoms with van der Waals surface area (Å²) in [6.45, 7) is 0. The first-order valence-corrected chi connectivity index (χ1v) is 4.77. The molecule has 0 N–H and O–H groups in total. The molecule has 0 aliphatic rings. The lowest BCUT2D eigenvalue weighted by atomic mass is 10.2. The van der Waals surface area contributed by atoms with Crippen LogP contribution in [0.4, 0.5) is 0 Å². The average Bonchev–Trinajstić information content (AvgIpc) is 2.39. The topological polar surface area (TPSA) is 69.9 Å². The SMILES string of the molecule is COC(=O)/C([O+]=Cc1ccccc1)=C(/[O-])OC. The summed E-state index contributed by atoms with van der Waals surface area (Å²) in [4.78, 5) is 11.2. The molecule has 0 atom stereocenters. The van der Waals surface area contributed by atoms with E-state index in [4.69, 9.17) is 4.42 Å². The first-order chi connectivity index (χ1) is 8.19. The van der Waals surface area contributed by atoms with Gasteiger partial charge in [0.2, 0.25) is 0 Å². The van der Waals surface area contributed by atoms with Crippen molar-refractivity contribution in [1.29, 1.82) is 0 Å². The second kappa shape index (κ2) is 6.32. The van der Waals surface area contributed by atoms with Crippen LogP contribution in [0.3, 0.4) is 0 Å².